The van der Waals surface area contributed by atoms with E-state index < -0.39 is 17.2 Å². The first kappa shape index (κ1) is 22.5. The minimum atomic E-state index is -0.896. The second-order valence-electron chi connectivity index (χ2n) is 8.35. The number of carbonyl (C=O) groups is 2. The second-order valence-corrected chi connectivity index (χ2v) is 10.5. The molecule has 3 N–H and O–H groups in total. The van der Waals surface area contributed by atoms with Gasteiger partial charge in [-0.25, -0.2) is 9.78 Å². The normalized spacial score (nSPS) is 14.4. The summed E-state index contributed by atoms with van der Waals surface area (Å²) in [5.74, 6) is -0.609. The van der Waals surface area contributed by atoms with Gasteiger partial charge in [-0.3, -0.25) is 19.5 Å². The molecule has 168 valence electrons. The molecule has 1 aliphatic rings. The van der Waals surface area contributed by atoms with Gasteiger partial charge in [0, 0.05) is 4.88 Å². The zero-order valence-corrected chi connectivity index (χ0v) is 19.9. The number of urea groups is 1. The van der Waals surface area contributed by atoms with Gasteiger partial charge in [0.2, 0.25) is 5.91 Å². The van der Waals surface area contributed by atoms with Gasteiger partial charge in [-0.2, -0.15) is 0 Å². The van der Waals surface area contributed by atoms with Gasteiger partial charge in [-0.15, -0.1) is 11.3 Å². The van der Waals surface area contributed by atoms with Crippen LogP contribution in [0.1, 0.15) is 42.7 Å². The van der Waals surface area contributed by atoms with E-state index in [-0.39, 0.29) is 11.5 Å². The van der Waals surface area contributed by atoms with E-state index in [2.05, 4.69) is 5.32 Å². The first-order chi connectivity index (χ1) is 15.3. The third-order valence-electron chi connectivity index (χ3n) is 5.66. The Hall–Kier alpha value is -2.65. The van der Waals surface area contributed by atoms with Crippen molar-refractivity contribution >= 4 is 45.3 Å². The number of thioether (sulfide) groups is 1. The number of primary amides is 1. The number of rotatable bonds is 5. The van der Waals surface area contributed by atoms with Crippen LogP contribution in [0.25, 0.3) is 15.9 Å². The third-order valence-corrected chi connectivity index (χ3v) is 8.34. The van der Waals surface area contributed by atoms with Crippen molar-refractivity contribution in [3.63, 3.8) is 0 Å². The van der Waals surface area contributed by atoms with Crippen molar-refractivity contribution in [3.8, 4) is 5.69 Å². The van der Waals surface area contributed by atoms with Crippen molar-refractivity contribution < 1.29 is 9.59 Å². The van der Waals surface area contributed by atoms with E-state index in [0.29, 0.717) is 15.4 Å². The summed E-state index contributed by atoms with van der Waals surface area (Å²) in [6, 6.07) is 6.75. The number of hydrogen-bond donors (Lipinski definition) is 2. The number of benzene rings is 1. The van der Waals surface area contributed by atoms with Gasteiger partial charge >= 0.3 is 6.03 Å². The first-order valence-corrected chi connectivity index (χ1v) is 12.4. The summed E-state index contributed by atoms with van der Waals surface area (Å²) in [4.78, 5) is 44.7. The number of nitrogens with two attached hydrogens (primary N) is 1. The number of hydrogen-bond acceptors (Lipinski definition) is 6. The third kappa shape index (κ3) is 4.19. The molecular weight excluding hydrogens is 444 g/mol. The summed E-state index contributed by atoms with van der Waals surface area (Å²) in [5.41, 5.74) is 7.86. The van der Waals surface area contributed by atoms with Crippen molar-refractivity contribution in [3.05, 3.63) is 50.6 Å². The van der Waals surface area contributed by atoms with E-state index in [0.717, 1.165) is 42.5 Å². The van der Waals surface area contributed by atoms with Crippen molar-refractivity contribution in [2.24, 2.45) is 11.7 Å². The lowest BCUT2D eigenvalue weighted by Gasteiger charge is -2.21. The number of aryl methyl sites for hydroxylation is 3. The second kappa shape index (κ2) is 9.07. The summed E-state index contributed by atoms with van der Waals surface area (Å²) in [6.45, 7) is 5.72. The lowest BCUT2D eigenvalue weighted by Crippen LogP contribution is -2.42. The fraction of sp³-hybridized carbons (Fsp3) is 0.391. The predicted molar refractivity (Wildman–Crippen MR) is 129 cm³/mol. The maximum atomic E-state index is 13.9. The number of nitrogens with one attached hydrogen (secondary N) is 1. The molecule has 0 bridgehead atoms. The van der Waals surface area contributed by atoms with Gasteiger partial charge in [0.05, 0.1) is 16.3 Å². The molecular formula is C23H26N4O3S2. The number of carbonyl (C=O) groups excluding carboxylic acids is 2. The molecule has 2 aromatic heterocycles. The van der Waals surface area contributed by atoms with E-state index in [9.17, 15) is 14.4 Å². The van der Waals surface area contributed by atoms with Gasteiger partial charge < -0.3 is 5.73 Å². The Kier molecular flexibility index (Phi) is 6.39. The number of thiophene rings is 1. The summed E-state index contributed by atoms with van der Waals surface area (Å²) in [6.07, 6.45) is 4.05. The van der Waals surface area contributed by atoms with E-state index in [1.165, 1.54) is 16.6 Å². The largest absolute Gasteiger partial charge is 0.351 e. The van der Waals surface area contributed by atoms with E-state index in [4.69, 9.17) is 10.7 Å². The van der Waals surface area contributed by atoms with Gasteiger partial charge in [-0.05, 0) is 55.7 Å². The van der Waals surface area contributed by atoms with Gasteiger partial charge in [-0.1, -0.05) is 43.8 Å². The van der Waals surface area contributed by atoms with Crippen LogP contribution in [0.3, 0.4) is 0 Å². The van der Waals surface area contributed by atoms with E-state index in [1.807, 2.05) is 45.0 Å². The maximum Gasteiger partial charge on any atom is 0.318 e. The van der Waals surface area contributed by atoms with Crippen LogP contribution in [0.5, 0.6) is 0 Å². The molecule has 4 rings (SSSR count). The molecule has 0 unspecified atom stereocenters. The summed E-state index contributed by atoms with van der Waals surface area (Å²) in [7, 11) is 0. The predicted octanol–water partition coefficient (Wildman–Crippen LogP) is 3.95. The smallest absolute Gasteiger partial charge is 0.318 e. The Labute approximate surface area is 194 Å². The molecule has 3 aromatic rings. The Morgan fingerprint density at radius 2 is 1.94 bits per heavy atom. The summed E-state index contributed by atoms with van der Waals surface area (Å²) < 4.78 is 1.62. The standard InChI is InChI=1S/C23H26N4O3S2/c1-12(2)18(19(28)25-22(24)30)32-23-26-20-17(14-9-5-7-11-16(14)31-20)21(29)27(23)15-10-6-4-8-13(15)3/h4,6,8,10,12,18H,5,7,9,11H2,1-3H3,(H3,24,25,28,30)/t18-/m1/s1. The highest BCUT2D eigenvalue weighted by Gasteiger charge is 2.29. The summed E-state index contributed by atoms with van der Waals surface area (Å²) in [5, 5.41) is 2.66. The van der Waals surface area contributed by atoms with Gasteiger partial charge in [0.15, 0.2) is 5.16 Å². The maximum absolute atomic E-state index is 13.9. The first-order valence-electron chi connectivity index (χ1n) is 10.7. The van der Waals surface area contributed by atoms with E-state index >= 15 is 0 Å². The van der Waals surface area contributed by atoms with Crippen LogP contribution < -0.4 is 16.6 Å². The molecule has 32 heavy (non-hydrogen) atoms. The minimum absolute atomic E-state index is 0.107. The molecule has 2 heterocycles. The number of fused-ring (bicyclic) bond motifs is 3. The van der Waals surface area contributed by atoms with Gasteiger partial charge in [0.1, 0.15) is 4.83 Å². The minimum Gasteiger partial charge on any atom is -0.351 e. The zero-order valence-electron chi connectivity index (χ0n) is 18.3. The molecule has 0 saturated carbocycles. The van der Waals surface area contributed by atoms with E-state index in [1.54, 1.807) is 15.9 Å². The fourth-order valence-corrected chi connectivity index (χ4v) is 6.50. The lowest BCUT2D eigenvalue weighted by atomic mass is 9.97. The van der Waals surface area contributed by atoms with Crippen molar-refractivity contribution in [1.29, 1.82) is 0 Å². The highest BCUT2D eigenvalue weighted by Crippen LogP contribution is 2.36. The highest BCUT2D eigenvalue weighted by molar-refractivity contribution is 8.00. The number of aromatic nitrogens is 2. The Balaban J connectivity index is 1.93. The number of imide groups is 1. The fourth-order valence-electron chi connectivity index (χ4n) is 4.09. The van der Waals surface area contributed by atoms with Crippen LogP contribution in [0.2, 0.25) is 0 Å². The molecule has 3 amide bonds. The average Bonchev–Trinajstić information content (AvgIpc) is 3.10. The summed E-state index contributed by atoms with van der Waals surface area (Å²) >= 11 is 2.77. The number of para-hydroxylation sites is 1. The molecule has 1 atom stereocenters. The van der Waals surface area contributed by atoms with Crippen LogP contribution in [-0.2, 0) is 17.6 Å². The Morgan fingerprint density at radius 3 is 2.62 bits per heavy atom. The zero-order chi connectivity index (χ0) is 23.0. The molecule has 0 spiro atoms. The Morgan fingerprint density at radius 1 is 1.22 bits per heavy atom. The average molecular weight is 471 g/mol. The molecule has 0 aliphatic heterocycles. The molecule has 1 aromatic carbocycles. The van der Waals surface area contributed by atoms with Crippen LogP contribution in [0.15, 0.2) is 34.2 Å². The van der Waals surface area contributed by atoms with Crippen molar-refractivity contribution in [2.75, 3.05) is 0 Å². The number of nitrogens with zero attached hydrogens (tertiary/aromatic N) is 2. The Bertz CT molecular complexity index is 1260. The highest BCUT2D eigenvalue weighted by atomic mass is 32.2. The molecule has 9 heteroatoms. The SMILES string of the molecule is Cc1ccccc1-n1c(S[C@@H](C(=O)NC(N)=O)C(C)C)nc2sc3c(c2c1=O)CCCC3. The molecule has 1 aliphatic carbocycles. The molecule has 0 fully saturated rings. The number of amides is 3. The molecule has 0 saturated heterocycles. The van der Waals surface area contributed by atoms with Crippen LogP contribution in [0, 0.1) is 12.8 Å². The van der Waals surface area contributed by atoms with Gasteiger partial charge in [0.25, 0.3) is 5.56 Å². The molecule has 7 nitrogen and oxygen atoms in total. The van der Waals surface area contributed by atoms with Crippen LogP contribution in [0.4, 0.5) is 4.79 Å². The van der Waals surface area contributed by atoms with Crippen molar-refractivity contribution in [1.82, 2.24) is 14.9 Å². The lowest BCUT2D eigenvalue weighted by molar-refractivity contribution is -0.120. The topological polar surface area (TPSA) is 107 Å². The van der Waals surface area contributed by atoms with Crippen LogP contribution in [-0.4, -0.2) is 26.7 Å². The quantitative estimate of drug-likeness (QED) is 0.434. The monoisotopic (exact) mass is 470 g/mol. The molecule has 0 radical (unpaired) electrons. The van der Waals surface area contributed by atoms with Crippen LogP contribution >= 0.6 is 23.1 Å². The van der Waals surface area contributed by atoms with Crippen molar-refractivity contribution in [2.45, 2.75) is 56.9 Å².